The fourth-order valence-electron chi connectivity index (χ4n) is 5.68. The lowest BCUT2D eigenvalue weighted by Gasteiger charge is -2.37. The molecule has 0 aliphatic carbocycles. The van der Waals surface area contributed by atoms with E-state index >= 15 is 0 Å². The Morgan fingerprint density at radius 1 is 0.925 bits per heavy atom. The normalized spacial score (nSPS) is 18.5. The minimum absolute atomic E-state index is 0.0840. The van der Waals surface area contributed by atoms with Crippen LogP contribution in [0.25, 0.3) is 0 Å². The smallest absolute Gasteiger partial charge is 0.340 e. The summed E-state index contributed by atoms with van der Waals surface area (Å²) in [5.41, 5.74) is 7.17. The molecule has 3 N–H and O–H groups in total. The molecule has 0 aromatic heterocycles. The third-order valence-corrected chi connectivity index (χ3v) is 8.23. The van der Waals surface area contributed by atoms with Gasteiger partial charge in [0.15, 0.2) is 0 Å². The molecule has 0 saturated carbocycles. The van der Waals surface area contributed by atoms with Gasteiger partial charge >= 0.3 is 6.03 Å². The van der Waals surface area contributed by atoms with Crippen LogP contribution >= 0.6 is 0 Å². The molecule has 210 valence electrons. The molecule has 3 aromatic rings. The number of hydrogen-bond acceptors (Lipinski definition) is 5. The first-order chi connectivity index (χ1) is 19.4. The number of hydrazine groups is 1. The molecule has 2 aliphatic heterocycles. The van der Waals surface area contributed by atoms with Gasteiger partial charge in [0, 0.05) is 31.0 Å². The van der Waals surface area contributed by atoms with Crippen molar-refractivity contribution in [3.05, 3.63) is 96.1 Å². The van der Waals surface area contributed by atoms with Gasteiger partial charge in [0.05, 0.1) is 24.7 Å². The Bertz CT molecular complexity index is 1260. The second-order valence-corrected chi connectivity index (χ2v) is 10.8. The Morgan fingerprint density at radius 3 is 2.15 bits per heavy atom. The highest BCUT2D eigenvalue weighted by atomic mass is 16.3. The molecule has 8 heteroatoms. The first-order valence-electron chi connectivity index (χ1n) is 14.2. The molecule has 5 rings (SSSR count). The lowest BCUT2D eigenvalue weighted by molar-refractivity contribution is -0.124. The molecule has 0 spiro atoms. The van der Waals surface area contributed by atoms with Gasteiger partial charge in [-0.3, -0.25) is 14.7 Å². The molecule has 2 fully saturated rings. The second-order valence-electron chi connectivity index (χ2n) is 10.8. The predicted octanol–water partition coefficient (Wildman–Crippen LogP) is 4.48. The summed E-state index contributed by atoms with van der Waals surface area (Å²) in [7, 11) is 0. The lowest BCUT2D eigenvalue weighted by Crippen LogP contribution is -2.47. The zero-order chi connectivity index (χ0) is 28.1. The summed E-state index contributed by atoms with van der Waals surface area (Å²) in [6.07, 6.45) is 1.21. The van der Waals surface area contributed by atoms with Crippen molar-refractivity contribution >= 4 is 23.3 Å². The quantitative estimate of drug-likeness (QED) is 0.372. The Kier molecular flexibility index (Phi) is 8.67. The number of carbonyl (C=O) groups is 2. The number of aliphatic hydroxyl groups excluding tert-OH is 1. The van der Waals surface area contributed by atoms with Crippen LogP contribution in [0.3, 0.4) is 0 Å². The Labute approximate surface area is 236 Å². The average molecular weight is 542 g/mol. The van der Waals surface area contributed by atoms with Gasteiger partial charge in [-0.15, -0.1) is 0 Å². The lowest BCUT2D eigenvalue weighted by atomic mass is 9.79. The third kappa shape index (κ3) is 6.13. The van der Waals surface area contributed by atoms with Crippen LogP contribution in [0.15, 0.2) is 84.9 Å². The predicted molar refractivity (Wildman–Crippen MR) is 158 cm³/mol. The standard InChI is InChI=1S/C32H39N5O3/c1-23(24(2)38)37-32(40)36(22-34-37)29-15-13-28(14-16-29)35-19-17-27(18-20-35)30(26-11-7-4-8-12-26)31(39)33-21-25-9-5-3-6-10-25/h3-16,23-24,27,30,34,38H,17-22H2,1-2H3,(H,33,39). The van der Waals surface area contributed by atoms with E-state index in [4.69, 9.17) is 0 Å². The van der Waals surface area contributed by atoms with Crippen molar-refractivity contribution in [1.82, 2.24) is 15.8 Å². The first kappa shape index (κ1) is 27.7. The van der Waals surface area contributed by atoms with Crippen molar-refractivity contribution in [2.24, 2.45) is 5.92 Å². The zero-order valence-corrected chi connectivity index (χ0v) is 23.2. The number of benzene rings is 3. The summed E-state index contributed by atoms with van der Waals surface area (Å²) in [6.45, 7) is 6.12. The molecule has 40 heavy (non-hydrogen) atoms. The highest BCUT2D eigenvalue weighted by Crippen LogP contribution is 2.35. The number of carbonyl (C=O) groups excluding carboxylic acids is 2. The van der Waals surface area contributed by atoms with Crippen molar-refractivity contribution in [2.75, 3.05) is 29.6 Å². The molecule has 3 unspecified atom stereocenters. The maximum atomic E-state index is 13.5. The molecule has 3 atom stereocenters. The number of urea groups is 1. The second kappa shape index (κ2) is 12.5. The minimum atomic E-state index is -0.627. The maximum absolute atomic E-state index is 13.5. The number of aliphatic hydroxyl groups is 1. The van der Waals surface area contributed by atoms with E-state index in [1.807, 2.05) is 67.6 Å². The van der Waals surface area contributed by atoms with Gasteiger partial charge in [-0.05, 0) is 68.0 Å². The zero-order valence-electron chi connectivity index (χ0n) is 23.2. The molecule has 0 radical (unpaired) electrons. The highest BCUT2D eigenvalue weighted by molar-refractivity contribution is 5.93. The van der Waals surface area contributed by atoms with Crippen LogP contribution in [0.4, 0.5) is 16.2 Å². The summed E-state index contributed by atoms with van der Waals surface area (Å²) in [6, 6.07) is 27.7. The van der Waals surface area contributed by atoms with E-state index in [1.165, 1.54) is 5.01 Å². The van der Waals surface area contributed by atoms with Crippen LogP contribution in [0.1, 0.15) is 43.7 Å². The van der Waals surface area contributed by atoms with E-state index in [9.17, 15) is 14.7 Å². The summed E-state index contributed by atoms with van der Waals surface area (Å²) in [5, 5.41) is 14.6. The fraction of sp³-hybridized carbons (Fsp3) is 0.375. The van der Waals surface area contributed by atoms with Gasteiger partial charge in [0.25, 0.3) is 0 Å². The summed E-state index contributed by atoms with van der Waals surface area (Å²) in [4.78, 5) is 30.4. The molecular weight excluding hydrogens is 502 g/mol. The van der Waals surface area contributed by atoms with Gasteiger partial charge < -0.3 is 15.3 Å². The van der Waals surface area contributed by atoms with Crippen LogP contribution in [0, 0.1) is 5.92 Å². The first-order valence-corrected chi connectivity index (χ1v) is 14.2. The van der Waals surface area contributed by atoms with Crippen molar-refractivity contribution in [3.63, 3.8) is 0 Å². The number of nitrogens with one attached hydrogen (secondary N) is 2. The minimum Gasteiger partial charge on any atom is -0.391 e. The largest absolute Gasteiger partial charge is 0.391 e. The summed E-state index contributed by atoms with van der Waals surface area (Å²) >= 11 is 0. The molecule has 3 amide bonds. The average Bonchev–Trinajstić information content (AvgIpc) is 3.38. The van der Waals surface area contributed by atoms with E-state index in [2.05, 4.69) is 39.9 Å². The molecule has 2 aliphatic rings. The third-order valence-electron chi connectivity index (χ3n) is 8.23. The van der Waals surface area contributed by atoms with Crippen LogP contribution in [-0.4, -0.2) is 54.0 Å². The number of piperidine rings is 1. The van der Waals surface area contributed by atoms with E-state index in [-0.39, 0.29) is 29.8 Å². The van der Waals surface area contributed by atoms with Crippen molar-refractivity contribution in [1.29, 1.82) is 0 Å². The molecule has 8 nitrogen and oxygen atoms in total. The molecular formula is C32H39N5O3. The van der Waals surface area contributed by atoms with Gasteiger partial charge in [-0.2, -0.15) is 0 Å². The summed E-state index contributed by atoms with van der Waals surface area (Å²) in [5.74, 6) is 0.152. The Hall–Kier alpha value is -3.88. The monoisotopic (exact) mass is 541 g/mol. The van der Waals surface area contributed by atoms with Crippen molar-refractivity contribution in [2.45, 2.75) is 51.3 Å². The van der Waals surface area contributed by atoms with Crippen LogP contribution in [-0.2, 0) is 11.3 Å². The van der Waals surface area contributed by atoms with E-state index < -0.39 is 6.10 Å². The number of anilines is 2. The Balaban J connectivity index is 1.21. The van der Waals surface area contributed by atoms with E-state index in [0.29, 0.717) is 13.2 Å². The van der Waals surface area contributed by atoms with Crippen molar-refractivity contribution in [3.8, 4) is 0 Å². The highest BCUT2D eigenvalue weighted by Gasteiger charge is 2.35. The van der Waals surface area contributed by atoms with E-state index in [0.717, 1.165) is 48.4 Å². The van der Waals surface area contributed by atoms with Gasteiger partial charge in [-0.1, -0.05) is 60.7 Å². The number of nitrogens with zero attached hydrogens (tertiary/aromatic N) is 3. The molecule has 0 bridgehead atoms. The van der Waals surface area contributed by atoms with Gasteiger partial charge in [-0.25, -0.2) is 10.2 Å². The van der Waals surface area contributed by atoms with Crippen LogP contribution < -0.4 is 20.5 Å². The maximum Gasteiger partial charge on any atom is 0.340 e. The van der Waals surface area contributed by atoms with Gasteiger partial charge in [0.2, 0.25) is 5.91 Å². The number of amides is 3. The fourth-order valence-corrected chi connectivity index (χ4v) is 5.68. The summed E-state index contributed by atoms with van der Waals surface area (Å²) < 4.78 is 0. The molecule has 2 saturated heterocycles. The van der Waals surface area contributed by atoms with Crippen molar-refractivity contribution < 1.29 is 14.7 Å². The molecule has 2 heterocycles. The Morgan fingerprint density at radius 2 is 1.52 bits per heavy atom. The van der Waals surface area contributed by atoms with Crippen LogP contribution in [0.2, 0.25) is 0 Å². The topological polar surface area (TPSA) is 88.2 Å². The van der Waals surface area contributed by atoms with Gasteiger partial charge in [0.1, 0.15) is 0 Å². The van der Waals surface area contributed by atoms with Crippen LogP contribution in [0.5, 0.6) is 0 Å². The SMILES string of the molecule is CC(O)C(C)N1NCN(c2ccc(N3CCC(C(C(=O)NCc4ccccc4)c4ccccc4)CC3)cc2)C1=O. The molecule has 3 aromatic carbocycles. The number of hydrogen-bond donors (Lipinski definition) is 3. The number of rotatable bonds is 9. The van der Waals surface area contributed by atoms with E-state index in [1.54, 1.807) is 11.8 Å².